The SMILES string of the molecule is CC1CCCn2cc(C3CCCCN3)nc21. The predicted octanol–water partition coefficient (Wildman–Crippen LogP) is 2.60. The van der Waals surface area contributed by atoms with Gasteiger partial charge in [-0.3, -0.25) is 0 Å². The van der Waals surface area contributed by atoms with Crippen molar-refractivity contribution in [2.45, 2.75) is 57.5 Å². The molecule has 0 amide bonds. The van der Waals surface area contributed by atoms with Crippen LogP contribution in [0.2, 0.25) is 0 Å². The quantitative estimate of drug-likeness (QED) is 0.787. The summed E-state index contributed by atoms with van der Waals surface area (Å²) >= 11 is 0. The van der Waals surface area contributed by atoms with Gasteiger partial charge in [-0.15, -0.1) is 0 Å². The van der Waals surface area contributed by atoms with Gasteiger partial charge in [-0.1, -0.05) is 13.3 Å². The van der Waals surface area contributed by atoms with Crippen LogP contribution in [0.3, 0.4) is 0 Å². The number of imidazole rings is 1. The molecule has 0 bridgehead atoms. The summed E-state index contributed by atoms with van der Waals surface area (Å²) in [6.45, 7) is 4.62. The van der Waals surface area contributed by atoms with Gasteiger partial charge in [0.05, 0.1) is 11.7 Å². The Kier molecular flexibility index (Phi) is 2.72. The molecule has 1 N–H and O–H groups in total. The van der Waals surface area contributed by atoms with Gasteiger partial charge in [-0.25, -0.2) is 4.98 Å². The Balaban J connectivity index is 1.85. The lowest BCUT2D eigenvalue weighted by molar-refractivity contribution is 0.405. The molecule has 88 valence electrons. The van der Waals surface area contributed by atoms with E-state index in [1.807, 2.05) is 0 Å². The van der Waals surface area contributed by atoms with Gasteiger partial charge in [0.25, 0.3) is 0 Å². The van der Waals surface area contributed by atoms with Crippen molar-refractivity contribution < 1.29 is 0 Å². The number of fused-ring (bicyclic) bond motifs is 1. The van der Waals surface area contributed by atoms with Gasteiger partial charge in [0.1, 0.15) is 5.82 Å². The molecule has 0 aromatic carbocycles. The second-order valence-electron chi connectivity index (χ2n) is 5.26. The zero-order valence-corrected chi connectivity index (χ0v) is 10.1. The van der Waals surface area contributed by atoms with Gasteiger partial charge in [0.2, 0.25) is 0 Å². The van der Waals surface area contributed by atoms with Gasteiger partial charge in [-0.2, -0.15) is 0 Å². The van der Waals surface area contributed by atoms with Crippen molar-refractivity contribution in [1.82, 2.24) is 14.9 Å². The second-order valence-corrected chi connectivity index (χ2v) is 5.26. The molecule has 0 radical (unpaired) electrons. The number of hydrogen-bond acceptors (Lipinski definition) is 2. The van der Waals surface area contributed by atoms with E-state index >= 15 is 0 Å². The van der Waals surface area contributed by atoms with Gasteiger partial charge >= 0.3 is 0 Å². The maximum absolute atomic E-state index is 4.86. The summed E-state index contributed by atoms with van der Waals surface area (Å²) in [6, 6.07) is 0.513. The highest BCUT2D eigenvalue weighted by atomic mass is 15.1. The Bertz CT molecular complexity index is 363. The van der Waals surface area contributed by atoms with Gasteiger partial charge in [-0.05, 0) is 32.2 Å². The largest absolute Gasteiger partial charge is 0.334 e. The topological polar surface area (TPSA) is 29.9 Å². The number of aromatic nitrogens is 2. The van der Waals surface area contributed by atoms with E-state index in [0.29, 0.717) is 12.0 Å². The van der Waals surface area contributed by atoms with E-state index in [0.717, 1.165) is 6.54 Å². The van der Waals surface area contributed by atoms with Crippen LogP contribution in [0.5, 0.6) is 0 Å². The molecule has 2 aliphatic heterocycles. The average molecular weight is 219 g/mol. The molecule has 3 heteroatoms. The molecule has 2 atom stereocenters. The molecule has 0 aliphatic carbocycles. The molecule has 3 heterocycles. The van der Waals surface area contributed by atoms with Crippen LogP contribution in [0.25, 0.3) is 0 Å². The number of hydrogen-bond donors (Lipinski definition) is 1. The van der Waals surface area contributed by atoms with Crippen LogP contribution in [0.1, 0.15) is 62.5 Å². The summed E-state index contributed by atoms with van der Waals surface area (Å²) in [5, 5.41) is 3.58. The van der Waals surface area contributed by atoms with Gasteiger partial charge in [0, 0.05) is 18.7 Å². The molecule has 1 fully saturated rings. The minimum absolute atomic E-state index is 0.513. The van der Waals surface area contributed by atoms with Crippen LogP contribution in [0.4, 0.5) is 0 Å². The highest BCUT2D eigenvalue weighted by molar-refractivity contribution is 5.13. The summed E-state index contributed by atoms with van der Waals surface area (Å²) < 4.78 is 2.37. The first-order valence-electron chi connectivity index (χ1n) is 6.65. The summed E-state index contributed by atoms with van der Waals surface area (Å²) in [5.74, 6) is 1.96. The molecular weight excluding hydrogens is 198 g/mol. The zero-order chi connectivity index (χ0) is 11.0. The Morgan fingerprint density at radius 2 is 2.25 bits per heavy atom. The molecule has 2 aliphatic rings. The fourth-order valence-corrected chi connectivity index (χ4v) is 2.99. The van der Waals surface area contributed by atoms with E-state index < -0.39 is 0 Å². The molecule has 1 aromatic rings. The van der Waals surface area contributed by atoms with E-state index in [2.05, 4.69) is 23.0 Å². The Morgan fingerprint density at radius 1 is 1.31 bits per heavy atom. The number of aryl methyl sites for hydroxylation is 1. The third kappa shape index (κ3) is 1.77. The fourth-order valence-electron chi connectivity index (χ4n) is 2.99. The lowest BCUT2D eigenvalue weighted by atomic mass is 10.0. The van der Waals surface area contributed by atoms with Crippen molar-refractivity contribution in [1.29, 1.82) is 0 Å². The minimum Gasteiger partial charge on any atom is -0.334 e. The van der Waals surface area contributed by atoms with Crippen LogP contribution >= 0.6 is 0 Å². The summed E-state index contributed by atoms with van der Waals surface area (Å²) in [6.07, 6.45) is 8.81. The molecule has 1 saturated heterocycles. The van der Waals surface area contributed by atoms with Crippen molar-refractivity contribution in [3.05, 3.63) is 17.7 Å². The van der Waals surface area contributed by atoms with Crippen molar-refractivity contribution in [2.24, 2.45) is 0 Å². The van der Waals surface area contributed by atoms with E-state index in [1.54, 1.807) is 0 Å². The smallest absolute Gasteiger partial charge is 0.111 e. The number of nitrogens with one attached hydrogen (secondary N) is 1. The van der Waals surface area contributed by atoms with Crippen molar-refractivity contribution in [3.8, 4) is 0 Å². The van der Waals surface area contributed by atoms with Crippen LogP contribution in [-0.4, -0.2) is 16.1 Å². The number of rotatable bonds is 1. The summed E-state index contributed by atoms with van der Waals surface area (Å²) in [7, 11) is 0. The highest BCUT2D eigenvalue weighted by Crippen LogP contribution is 2.29. The first-order valence-corrected chi connectivity index (χ1v) is 6.65. The number of piperidine rings is 1. The maximum atomic E-state index is 4.86. The Labute approximate surface area is 97.3 Å². The normalized spacial score (nSPS) is 30.1. The first kappa shape index (κ1) is 10.3. The first-order chi connectivity index (χ1) is 7.84. The van der Waals surface area contributed by atoms with E-state index in [4.69, 9.17) is 4.98 Å². The second kappa shape index (κ2) is 4.21. The standard InChI is InChI=1S/C13H21N3/c1-10-5-4-8-16-9-12(15-13(10)16)11-6-2-3-7-14-11/h9-11,14H,2-8H2,1H3. The molecular formula is C13H21N3. The monoisotopic (exact) mass is 219 g/mol. The van der Waals surface area contributed by atoms with Crippen molar-refractivity contribution >= 4 is 0 Å². The zero-order valence-electron chi connectivity index (χ0n) is 10.1. The van der Waals surface area contributed by atoms with Crippen molar-refractivity contribution in [3.63, 3.8) is 0 Å². The molecule has 16 heavy (non-hydrogen) atoms. The summed E-state index contributed by atoms with van der Waals surface area (Å²) in [4.78, 5) is 4.86. The van der Waals surface area contributed by atoms with Crippen LogP contribution in [-0.2, 0) is 6.54 Å². The molecule has 1 aromatic heterocycles. The van der Waals surface area contributed by atoms with E-state index in [9.17, 15) is 0 Å². The fraction of sp³-hybridized carbons (Fsp3) is 0.769. The molecule has 3 rings (SSSR count). The van der Waals surface area contributed by atoms with Gasteiger partial charge < -0.3 is 9.88 Å². The molecule has 0 spiro atoms. The highest BCUT2D eigenvalue weighted by Gasteiger charge is 2.23. The van der Waals surface area contributed by atoms with E-state index in [1.165, 1.54) is 50.2 Å². The molecule has 0 saturated carbocycles. The van der Waals surface area contributed by atoms with Crippen LogP contribution in [0.15, 0.2) is 6.20 Å². The van der Waals surface area contributed by atoms with Gasteiger partial charge in [0.15, 0.2) is 0 Å². The third-order valence-corrected chi connectivity index (χ3v) is 3.97. The molecule has 3 nitrogen and oxygen atoms in total. The lowest BCUT2D eigenvalue weighted by Gasteiger charge is -2.21. The maximum Gasteiger partial charge on any atom is 0.111 e. The minimum atomic E-state index is 0.513. The average Bonchev–Trinajstić information content (AvgIpc) is 2.76. The van der Waals surface area contributed by atoms with E-state index in [-0.39, 0.29) is 0 Å². The predicted molar refractivity (Wildman–Crippen MR) is 64.5 cm³/mol. The Morgan fingerprint density at radius 3 is 3.00 bits per heavy atom. The lowest BCUT2D eigenvalue weighted by Crippen LogP contribution is -2.27. The number of nitrogens with zero attached hydrogens (tertiary/aromatic N) is 2. The Hall–Kier alpha value is -0.830. The third-order valence-electron chi connectivity index (χ3n) is 3.97. The van der Waals surface area contributed by atoms with Crippen LogP contribution < -0.4 is 5.32 Å². The van der Waals surface area contributed by atoms with Crippen LogP contribution in [0, 0.1) is 0 Å². The summed E-state index contributed by atoms with van der Waals surface area (Å²) in [5.41, 5.74) is 1.28. The molecule has 2 unspecified atom stereocenters. The van der Waals surface area contributed by atoms with Crippen molar-refractivity contribution in [2.75, 3.05) is 6.54 Å².